The van der Waals surface area contributed by atoms with Gasteiger partial charge >= 0.3 is 0 Å². The first kappa shape index (κ1) is 12.9. The van der Waals surface area contributed by atoms with Crippen molar-refractivity contribution in [2.45, 2.75) is 33.5 Å². The highest BCUT2D eigenvalue weighted by atomic mass is 16.5. The zero-order chi connectivity index (χ0) is 12.0. The molecule has 16 heavy (non-hydrogen) atoms. The van der Waals surface area contributed by atoms with E-state index in [4.69, 9.17) is 14.6 Å². The van der Waals surface area contributed by atoms with Crippen LogP contribution >= 0.6 is 0 Å². The molecule has 0 aliphatic heterocycles. The van der Waals surface area contributed by atoms with Crippen molar-refractivity contribution in [1.29, 1.82) is 0 Å². The van der Waals surface area contributed by atoms with E-state index >= 15 is 0 Å². The molecular weight excluding hydrogens is 206 g/mol. The molecule has 0 saturated heterocycles. The van der Waals surface area contributed by atoms with E-state index in [-0.39, 0.29) is 12.7 Å². The average Bonchev–Trinajstić information content (AvgIpc) is 2.27. The minimum Gasteiger partial charge on any atom is -0.488 e. The lowest BCUT2D eigenvalue weighted by atomic mass is 10.2. The van der Waals surface area contributed by atoms with Crippen molar-refractivity contribution in [3.63, 3.8) is 0 Å². The zero-order valence-corrected chi connectivity index (χ0v) is 10.1. The third-order valence-corrected chi connectivity index (χ3v) is 2.14. The monoisotopic (exact) mass is 225 g/mol. The van der Waals surface area contributed by atoms with E-state index in [0.29, 0.717) is 24.5 Å². The van der Waals surface area contributed by atoms with Crippen LogP contribution in [-0.2, 0) is 11.3 Å². The summed E-state index contributed by atoms with van der Waals surface area (Å²) in [5.41, 5.74) is 1.57. The van der Waals surface area contributed by atoms with Crippen LogP contribution in [0.25, 0.3) is 0 Å². The zero-order valence-electron chi connectivity index (χ0n) is 10.1. The normalized spacial score (nSPS) is 12.5. The van der Waals surface area contributed by atoms with E-state index in [1.165, 1.54) is 0 Å². The van der Waals surface area contributed by atoms with Gasteiger partial charge in [-0.1, -0.05) is 0 Å². The number of hydrogen-bond donors (Lipinski definition) is 1. The Morgan fingerprint density at radius 1 is 1.50 bits per heavy atom. The van der Waals surface area contributed by atoms with E-state index in [0.717, 1.165) is 5.69 Å². The molecule has 0 amide bonds. The molecule has 1 atom stereocenters. The first-order valence-electron chi connectivity index (χ1n) is 5.48. The molecule has 0 fully saturated rings. The number of pyridine rings is 1. The van der Waals surface area contributed by atoms with Crippen molar-refractivity contribution in [1.82, 2.24) is 4.98 Å². The molecule has 0 aliphatic carbocycles. The molecule has 1 rings (SSSR count). The summed E-state index contributed by atoms with van der Waals surface area (Å²) < 4.78 is 11.0. The quantitative estimate of drug-likeness (QED) is 0.800. The summed E-state index contributed by atoms with van der Waals surface area (Å²) in [5, 5.41) is 9.15. The van der Waals surface area contributed by atoms with Crippen LogP contribution in [0, 0.1) is 6.92 Å². The summed E-state index contributed by atoms with van der Waals surface area (Å²) in [6.07, 6.45) is 1.60. The first-order valence-corrected chi connectivity index (χ1v) is 5.48. The van der Waals surface area contributed by atoms with Gasteiger partial charge in [0.1, 0.15) is 11.9 Å². The first-order chi connectivity index (χ1) is 7.67. The summed E-state index contributed by atoms with van der Waals surface area (Å²) >= 11 is 0. The molecule has 4 nitrogen and oxygen atoms in total. The van der Waals surface area contributed by atoms with Crippen molar-refractivity contribution < 1.29 is 14.6 Å². The minimum absolute atomic E-state index is 0.0351. The van der Waals surface area contributed by atoms with Gasteiger partial charge in [-0.05, 0) is 20.8 Å². The predicted octanol–water partition coefficient (Wildman–Crippen LogP) is 1.69. The van der Waals surface area contributed by atoms with Gasteiger partial charge in [-0.3, -0.25) is 4.98 Å². The number of nitrogens with zero attached hydrogens (tertiary/aromatic N) is 1. The third kappa shape index (κ3) is 3.79. The van der Waals surface area contributed by atoms with Crippen molar-refractivity contribution in [2.24, 2.45) is 0 Å². The average molecular weight is 225 g/mol. The highest BCUT2D eigenvalue weighted by Crippen LogP contribution is 2.19. The van der Waals surface area contributed by atoms with E-state index in [9.17, 15) is 0 Å². The molecule has 1 unspecified atom stereocenters. The molecule has 0 radical (unpaired) electrons. The van der Waals surface area contributed by atoms with Crippen molar-refractivity contribution in [2.75, 3.05) is 13.2 Å². The number of rotatable bonds is 6. The Morgan fingerprint density at radius 2 is 2.25 bits per heavy atom. The van der Waals surface area contributed by atoms with Gasteiger partial charge < -0.3 is 14.6 Å². The maximum Gasteiger partial charge on any atom is 0.128 e. The highest BCUT2D eigenvalue weighted by Gasteiger charge is 2.09. The van der Waals surface area contributed by atoms with Gasteiger partial charge in [-0.15, -0.1) is 0 Å². The van der Waals surface area contributed by atoms with E-state index in [1.807, 2.05) is 26.8 Å². The number of ether oxygens (including phenoxy) is 2. The second kappa shape index (κ2) is 6.45. The largest absolute Gasteiger partial charge is 0.488 e. The standard InChI is InChI=1S/C12H19NO3/c1-4-15-8-10(3)16-12-5-9(2)13-6-11(12)7-14/h5-6,10,14H,4,7-8H2,1-3H3. The fourth-order valence-electron chi connectivity index (χ4n) is 1.33. The number of aliphatic hydroxyl groups is 1. The van der Waals surface area contributed by atoms with Crippen LogP contribution in [0.3, 0.4) is 0 Å². The van der Waals surface area contributed by atoms with Crippen LogP contribution in [0.2, 0.25) is 0 Å². The summed E-state index contributed by atoms with van der Waals surface area (Å²) in [4.78, 5) is 4.11. The third-order valence-electron chi connectivity index (χ3n) is 2.14. The van der Waals surface area contributed by atoms with Crippen LogP contribution in [0.1, 0.15) is 25.1 Å². The van der Waals surface area contributed by atoms with Gasteiger partial charge in [0.05, 0.1) is 13.2 Å². The topological polar surface area (TPSA) is 51.6 Å². The molecule has 1 heterocycles. The Bertz CT molecular complexity index is 328. The molecule has 90 valence electrons. The van der Waals surface area contributed by atoms with Crippen LogP contribution < -0.4 is 4.74 Å². The molecule has 1 aromatic rings. The van der Waals surface area contributed by atoms with E-state index in [1.54, 1.807) is 6.20 Å². The predicted molar refractivity (Wildman–Crippen MR) is 61.5 cm³/mol. The Hall–Kier alpha value is -1.13. The van der Waals surface area contributed by atoms with Gasteiger partial charge in [-0.25, -0.2) is 0 Å². The van der Waals surface area contributed by atoms with Crippen molar-refractivity contribution in [3.05, 3.63) is 23.5 Å². The van der Waals surface area contributed by atoms with E-state index < -0.39 is 0 Å². The lowest BCUT2D eigenvalue weighted by molar-refractivity contribution is 0.0644. The number of aryl methyl sites for hydroxylation is 1. The number of aliphatic hydroxyl groups excluding tert-OH is 1. The summed E-state index contributed by atoms with van der Waals surface area (Å²) in [7, 11) is 0. The number of aromatic nitrogens is 1. The molecule has 1 N–H and O–H groups in total. The van der Waals surface area contributed by atoms with Crippen LogP contribution in [0.4, 0.5) is 0 Å². The fourth-order valence-corrected chi connectivity index (χ4v) is 1.33. The SMILES string of the molecule is CCOCC(C)Oc1cc(C)ncc1CO. The Kier molecular flexibility index (Phi) is 5.22. The lowest BCUT2D eigenvalue weighted by Gasteiger charge is -2.16. The maximum absolute atomic E-state index is 9.15. The Morgan fingerprint density at radius 3 is 2.88 bits per heavy atom. The summed E-state index contributed by atoms with van der Waals surface area (Å²) in [5.74, 6) is 0.683. The van der Waals surface area contributed by atoms with Crippen LogP contribution in [-0.4, -0.2) is 29.4 Å². The van der Waals surface area contributed by atoms with Crippen molar-refractivity contribution >= 4 is 0 Å². The Labute approximate surface area is 96.2 Å². The van der Waals surface area contributed by atoms with Gasteiger partial charge in [0.15, 0.2) is 0 Å². The van der Waals surface area contributed by atoms with Gasteiger partial charge in [0.25, 0.3) is 0 Å². The second-order valence-corrected chi connectivity index (χ2v) is 3.68. The molecule has 4 heteroatoms. The van der Waals surface area contributed by atoms with Crippen LogP contribution in [0.15, 0.2) is 12.3 Å². The molecule has 1 aromatic heterocycles. The fraction of sp³-hybridized carbons (Fsp3) is 0.583. The summed E-state index contributed by atoms with van der Waals surface area (Å²) in [6, 6.07) is 1.83. The molecule has 0 spiro atoms. The molecule has 0 bridgehead atoms. The second-order valence-electron chi connectivity index (χ2n) is 3.68. The van der Waals surface area contributed by atoms with Gasteiger partial charge in [0.2, 0.25) is 0 Å². The van der Waals surface area contributed by atoms with Crippen LogP contribution in [0.5, 0.6) is 5.75 Å². The van der Waals surface area contributed by atoms with Crippen molar-refractivity contribution in [3.8, 4) is 5.75 Å². The summed E-state index contributed by atoms with van der Waals surface area (Å²) in [6.45, 7) is 6.93. The van der Waals surface area contributed by atoms with Gasteiger partial charge in [0, 0.05) is 30.1 Å². The smallest absolute Gasteiger partial charge is 0.128 e. The Balaban J connectivity index is 2.67. The minimum atomic E-state index is -0.0655. The molecular formula is C12H19NO3. The molecule has 0 aliphatic rings. The number of hydrogen-bond acceptors (Lipinski definition) is 4. The molecule has 0 aromatic carbocycles. The lowest BCUT2D eigenvalue weighted by Crippen LogP contribution is -2.20. The van der Waals surface area contributed by atoms with Gasteiger partial charge in [-0.2, -0.15) is 0 Å². The highest BCUT2D eigenvalue weighted by molar-refractivity contribution is 5.32. The van der Waals surface area contributed by atoms with E-state index in [2.05, 4.69) is 4.98 Å². The maximum atomic E-state index is 9.15. The molecule has 0 saturated carbocycles.